The van der Waals surface area contributed by atoms with Crippen LogP contribution >= 0.6 is 11.8 Å². The molecule has 0 radical (unpaired) electrons. The number of aliphatic carboxylic acids is 1. The van der Waals surface area contributed by atoms with Crippen molar-refractivity contribution < 1.29 is 15.0 Å². The molecule has 0 aliphatic heterocycles. The van der Waals surface area contributed by atoms with Gasteiger partial charge in [0.25, 0.3) is 0 Å². The van der Waals surface area contributed by atoms with Gasteiger partial charge >= 0.3 is 5.97 Å². The largest absolute Gasteiger partial charge is 0.480 e. The third kappa shape index (κ3) is 8.74. The summed E-state index contributed by atoms with van der Waals surface area (Å²) in [6.07, 6.45) is 2.48. The van der Waals surface area contributed by atoms with Crippen LogP contribution in [0.5, 0.6) is 0 Å². The Hall–Kier alpha value is -1.04. The number of carbonyl (C=O) groups is 1. The molecule has 1 rings (SSSR count). The van der Waals surface area contributed by atoms with Crippen molar-refractivity contribution in [2.75, 3.05) is 12.0 Å². The van der Waals surface area contributed by atoms with Gasteiger partial charge in [0.2, 0.25) is 0 Å². The first-order chi connectivity index (χ1) is 8.11. The molecule has 0 unspecified atom stereocenters. The summed E-state index contributed by atoms with van der Waals surface area (Å²) in [5, 5.41) is 16.8. The summed E-state index contributed by atoms with van der Waals surface area (Å²) >= 11 is 1.60. The number of aliphatic hydroxyl groups is 1. The molecule has 0 fully saturated rings. The number of carboxylic acids is 1. The number of hydrogen-bond donors (Lipinski definition) is 3. The van der Waals surface area contributed by atoms with Crippen LogP contribution in [0.1, 0.15) is 12.0 Å². The molecule has 0 spiro atoms. The van der Waals surface area contributed by atoms with Crippen molar-refractivity contribution in [2.24, 2.45) is 5.73 Å². The van der Waals surface area contributed by atoms with Gasteiger partial charge in [0.05, 0.1) is 6.61 Å². The van der Waals surface area contributed by atoms with Crippen LogP contribution in [-0.2, 0) is 11.4 Å². The van der Waals surface area contributed by atoms with Gasteiger partial charge in [-0.2, -0.15) is 11.8 Å². The second kappa shape index (κ2) is 10.1. The Labute approximate surface area is 106 Å². The number of carboxylic acid groups (broad SMARTS) is 1. The average molecular weight is 257 g/mol. The summed E-state index contributed by atoms with van der Waals surface area (Å²) in [6, 6.07) is 8.84. The van der Waals surface area contributed by atoms with Crippen LogP contribution in [0.3, 0.4) is 0 Å². The zero-order valence-electron chi connectivity index (χ0n) is 9.87. The fraction of sp³-hybridized carbons (Fsp3) is 0.417. The van der Waals surface area contributed by atoms with Crippen molar-refractivity contribution in [2.45, 2.75) is 19.1 Å². The third-order valence-corrected chi connectivity index (χ3v) is 2.62. The first-order valence-corrected chi connectivity index (χ1v) is 6.63. The average Bonchev–Trinajstić information content (AvgIpc) is 2.37. The summed E-state index contributed by atoms with van der Waals surface area (Å²) in [5.74, 6) is -0.1000. The quantitative estimate of drug-likeness (QED) is 0.741. The molecule has 1 aromatic rings. The maximum absolute atomic E-state index is 10.1. The number of rotatable bonds is 5. The molecule has 4 nitrogen and oxygen atoms in total. The Bertz CT molecular complexity index is 306. The molecule has 0 saturated heterocycles. The van der Waals surface area contributed by atoms with Gasteiger partial charge < -0.3 is 15.9 Å². The van der Waals surface area contributed by atoms with E-state index in [-0.39, 0.29) is 6.61 Å². The van der Waals surface area contributed by atoms with Crippen LogP contribution in [-0.4, -0.2) is 34.2 Å². The van der Waals surface area contributed by atoms with Crippen LogP contribution in [0.15, 0.2) is 30.3 Å². The molecule has 0 amide bonds. The fourth-order valence-corrected chi connectivity index (χ4v) is 1.44. The third-order valence-electron chi connectivity index (χ3n) is 1.98. The number of nitrogens with two attached hydrogens (primary N) is 1. The van der Waals surface area contributed by atoms with E-state index in [1.807, 2.05) is 36.6 Å². The molecule has 5 heteroatoms. The van der Waals surface area contributed by atoms with Gasteiger partial charge in [-0.05, 0) is 24.0 Å². The minimum Gasteiger partial charge on any atom is -0.480 e. The lowest BCUT2D eigenvalue weighted by Gasteiger charge is -2.02. The molecule has 1 aromatic carbocycles. The fourth-order valence-electron chi connectivity index (χ4n) is 0.952. The molecule has 0 heterocycles. The summed E-state index contributed by atoms with van der Waals surface area (Å²) in [6.45, 7) is 0.140. The van der Waals surface area contributed by atoms with Crippen molar-refractivity contribution in [3.05, 3.63) is 35.9 Å². The van der Waals surface area contributed by atoms with E-state index < -0.39 is 12.0 Å². The number of aliphatic hydroxyl groups excluding tert-OH is 1. The van der Waals surface area contributed by atoms with E-state index in [1.165, 1.54) is 0 Å². The van der Waals surface area contributed by atoms with Crippen LogP contribution in [0.4, 0.5) is 0 Å². The molecule has 4 N–H and O–H groups in total. The summed E-state index contributed by atoms with van der Waals surface area (Å²) in [7, 11) is 0. The van der Waals surface area contributed by atoms with E-state index in [9.17, 15) is 4.79 Å². The maximum atomic E-state index is 10.1. The normalized spacial score (nSPS) is 11.2. The molecule has 96 valence electrons. The second-order valence-corrected chi connectivity index (χ2v) is 4.36. The Kier molecular flexibility index (Phi) is 9.52. The maximum Gasteiger partial charge on any atom is 0.320 e. The van der Waals surface area contributed by atoms with E-state index in [2.05, 4.69) is 0 Å². The molecule has 0 saturated carbocycles. The summed E-state index contributed by atoms with van der Waals surface area (Å²) < 4.78 is 0. The SMILES string of the molecule is CSCC[C@H](N)C(=O)O.OCc1ccccc1. The Morgan fingerprint density at radius 2 is 2.00 bits per heavy atom. The highest BCUT2D eigenvalue weighted by atomic mass is 32.2. The van der Waals surface area contributed by atoms with E-state index in [0.717, 1.165) is 11.3 Å². The van der Waals surface area contributed by atoms with Gasteiger partial charge in [-0.3, -0.25) is 4.79 Å². The second-order valence-electron chi connectivity index (χ2n) is 3.37. The van der Waals surface area contributed by atoms with Crippen LogP contribution in [0, 0.1) is 0 Å². The standard InChI is InChI=1S/C7H8O.C5H11NO2S/c8-6-7-4-2-1-3-5-7;1-9-3-2-4(6)5(7)8/h1-5,8H,6H2;4H,2-3,6H2,1H3,(H,7,8)/t;4-/m.0/s1. The van der Waals surface area contributed by atoms with Crippen molar-refractivity contribution in [1.29, 1.82) is 0 Å². The smallest absolute Gasteiger partial charge is 0.320 e. The number of thioether (sulfide) groups is 1. The highest BCUT2D eigenvalue weighted by Crippen LogP contribution is 1.97. The summed E-state index contributed by atoms with van der Waals surface area (Å²) in [4.78, 5) is 10.1. The molecule has 0 aliphatic carbocycles. The minimum absolute atomic E-state index is 0.140. The predicted octanol–water partition coefficient (Wildman–Crippen LogP) is 1.33. The van der Waals surface area contributed by atoms with Gasteiger partial charge in [-0.15, -0.1) is 0 Å². The Morgan fingerprint density at radius 3 is 2.35 bits per heavy atom. The van der Waals surface area contributed by atoms with E-state index in [4.69, 9.17) is 15.9 Å². The topological polar surface area (TPSA) is 83.6 Å². The molecule has 17 heavy (non-hydrogen) atoms. The molecule has 1 atom stereocenters. The van der Waals surface area contributed by atoms with E-state index in [1.54, 1.807) is 11.8 Å². The first kappa shape index (κ1) is 16.0. The molecular weight excluding hydrogens is 238 g/mol. The summed E-state index contributed by atoms with van der Waals surface area (Å²) in [5.41, 5.74) is 6.15. The van der Waals surface area contributed by atoms with Crippen molar-refractivity contribution >= 4 is 17.7 Å². The lowest BCUT2D eigenvalue weighted by atomic mass is 10.2. The van der Waals surface area contributed by atoms with Crippen molar-refractivity contribution in [3.8, 4) is 0 Å². The lowest BCUT2D eigenvalue weighted by molar-refractivity contribution is -0.138. The molecule has 0 aromatic heterocycles. The highest BCUT2D eigenvalue weighted by molar-refractivity contribution is 7.98. The van der Waals surface area contributed by atoms with Crippen LogP contribution in [0.25, 0.3) is 0 Å². The zero-order valence-corrected chi connectivity index (χ0v) is 10.7. The molecular formula is C12H19NO3S. The van der Waals surface area contributed by atoms with Gasteiger partial charge in [0.15, 0.2) is 0 Å². The molecule has 0 aliphatic rings. The first-order valence-electron chi connectivity index (χ1n) is 5.24. The van der Waals surface area contributed by atoms with E-state index >= 15 is 0 Å². The van der Waals surface area contributed by atoms with Crippen LogP contribution in [0.2, 0.25) is 0 Å². The van der Waals surface area contributed by atoms with Gasteiger partial charge in [0, 0.05) is 0 Å². The molecule has 0 bridgehead atoms. The number of benzene rings is 1. The lowest BCUT2D eigenvalue weighted by Crippen LogP contribution is -2.30. The van der Waals surface area contributed by atoms with Crippen molar-refractivity contribution in [3.63, 3.8) is 0 Å². The highest BCUT2D eigenvalue weighted by Gasteiger charge is 2.08. The van der Waals surface area contributed by atoms with Gasteiger partial charge in [-0.1, -0.05) is 30.3 Å². The predicted molar refractivity (Wildman–Crippen MR) is 71.0 cm³/mol. The van der Waals surface area contributed by atoms with E-state index in [0.29, 0.717) is 6.42 Å². The minimum atomic E-state index is -0.913. The monoisotopic (exact) mass is 257 g/mol. The Balaban J connectivity index is 0.000000302. The Morgan fingerprint density at radius 1 is 1.41 bits per heavy atom. The van der Waals surface area contributed by atoms with Gasteiger partial charge in [-0.25, -0.2) is 0 Å². The number of hydrogen-bond acceptors (Lipinski definition) is 4. The zero-order chi connectivity index (χ0) is 13.1. The van der Waals surface area contributed by atoms with Gasteiger partial charge in [0.1, 0.15) is 6.04 Å². The van der Waals surface area contributed by atoms with Crippen LogP contribution < -0.4 is 5.73 Å². The van der Waals surface area contributed by atoms with Crippen molar-refractivity contribution in [1.82, 2.24) is 0 Å².